The van der Waals surface area contributed by atoms with Crippen LogP contribution in [-0.2, 0) is 0 Å². The molecule has 82 valence electrons. The van der Waals surface area contributed by atoms with E-state index in [0.29, 0.717) is 21.9 Å². The maximum Gasteiger partial charge on any atom is 0.208 e. The lowest BCUT2D eigenvalue weighted by atomic mass is 10.1. The predicted octanol–water partition coefficient (Wildman–Crippen LogP) is 2.57. The van der Waals surface area contributed by atoms with Crippen molar-refractivity contribution in [3.63, 3.8) is 0 Å². The van der Waals surface area contributed by atoms with E-state index in [1.54, 1.807) is 37.4 Å². The number of hydrogen-bond donors (Lipinski definition) is 1. The van der Waals surface area contributed by atoms with Crippen molar-refractivity contribution in [2.45, 2.75) is 0 Å². The van der Waals surface area contributed by atoms with Gasteiger partial charge < -0.3 is 10.5 Å². The van der Waals surface area contributed by atoms with Gasteiger partial charge in [0.15, 0.2) is 0 Å². The number of carbonyl (C=O) groups is 1. The summed E-state index contributed by atoms with van der Waals surface area (Å²) in [6, 6.07) is 8.81. The normalized spacial score (nSPS) is 10.1. The second-order valence-corrected chi connectivity index (χ2v) is 4.15. The molecule has 0 radical (unpaired) electrons. The number of ketones is 1. The molecule has 0 aliphatic rings. The fourth-order valence-electron chi connectivity index (χ4n) is 1.45. The molecule has 0 fully saturated rings. The molecule has 3 nitrogen and oxygen atoms in total. The lowest BCUT2D eigenvalue weighted by Gasteiger charge is -2.04. The lowest BCUT2D eigenvalue weighted by Crippen LogP contribution is -2.04. The van der Waals surface area contributed by atoms with Crippen LogP contribution >= 0.6 is 11.3 Å². The number of benzene rings is 1. The highest BCUT2D eigenvalue weighted by Crippen LogP contribution is 2.28. The molecular weight excluding hydrogens is 222 g/mol. The van der Waals surface area contributed by atoms with E-state index in [4.69, 9.17) is 10.5 Å². The zero-order valence-electron chi connectivity index (χ0n) is 8.77. The summed E-state index contributed by atoms with van der Waals surface area (Å²) in [6.45, 7) is 0. The van der Waals surface area contributed by atoms with Gasteiger partial charge in [0.25, 0.3) is 0 Å². The van der Waals surface area contributed by atoms with Gasteiger partial charge in [0.2, 0.25) is 5.78 Å². The Morgan fingerprint density at radius 2 is 2.06 bits per heavy atom. The van der Waals surface area contributed by atoms with E-state index < -0.39 is 0 Å². The van der Waals surface area contributed by atoms with Gasteiger partial charge in [-0.05, 0) is 23.6 Å². The summed E-state index contributed by atoms with van der Waals surface area (Å²) in [7, 11) is 1.55. The molecule has 0 amide bonds. The average Bonchev–Trinajstić information content (AvgIpc) is 2.77. The van der Waals surface area contributed by atoms with Crippen LogP contribution in [-0.4, -0.2) is 12.9 Å². The number of thiophene rings is 1. The van der Waals surface area contributed by atoms with Crippen molar-refractivity contribution in [1.82, 2.24) is 0 Å². The SMILES string of the molecule is COc1ccsc1C(=O)c1ccccc1N. The number of hydrogen-bond acceptors (Lipinski definition) is 4. The van der Waals surface area contributed by atoms with E-state index in [1.165, 1.54) is 11.3 Å². The van der Waals surface area contributed by atoms with Gasteiger partial charge in [-0.3, -0.25) is 4.79 Å². The Bertz CT molecular complexity index is 519. The zero-order valence-corrected chi connectivity index (χ0v) is 9.58. The maximum absolute atomic E-state index is 12.2. The van der Waals surface area contributed by atoms with Crippen molar-refractivity contribution < 1.29 is 9.53 Å². The molecule has 1 aromatic heterocycles. The fourth-order valence-corrected chi connectivity index (χ4v) is 2.26. The molecule has 0 atom stereocenters. The summed E-state index contributed by atoms with van der Waals surface area (Å²) in [5.41, 5.74) is 6.77. The Morgan fingerprint density at radius 3 is 2.75 bits per heavy atom. The van der Waals surface area contributed by atoms with Gasteiger partial charge >= 0.3 is 0 Å². The molecule has 16 heavy (non-hydrogen) atoms. The van der Waals surface area contributed by atoms with Crippen LogP contribution in [0, 0.1) is 0 Å². The number of nitrogen functional groups attached to an aromatic ring is 1. The summed E-state index contributed by atoms with van der Waals surface area (Å²) in [6.07, 6.45) is 0. The van der Waals surface area contributed by atoms with Crippen LogP contribution in [0.4, 0.5) is 5.69 Å². The first kappa shape index (κ1) is 10.7. The molecule has 0 bridgehead atoms. The third-order valence-electron chi connectivity index (χ3n) is 2.26. The van der Waals surface area contributed by atoms with Crippen LogP contribution in [0.15, 0.2) is 35.7 Å². The van der Waals surface area contributed by atoms with Crippen LogP contribution < -0.4 is 10.5 Å². The van der Waals surface area contributed by atoms with E-state index in [9.17, 15) is 4.79 Å². The second-order valence-electron chi connectivity index (χ2n) is 3.23. The van der Waals surface area contributed by atoms with Crippen molar-refractivity contribution in [3.05, 3.63) is 46.2 Å². The van der Waals surface area contributed by atoms with Gasteiger partial charge in [-0.1, -0.05) is 12.1 Å². The summed E-state index contributed by atoms with van der Waals surface area (Å²) in [5, 5.41) is 1.82. The minimum atomic E-state index is -0.0926. The zero-order chi connectivity index (χ0) is 11.5. The molecule has 0 unspecified atom stereocenters. The minimum Gasteiger partial charge on any atom is -0.495 e. The van der Waals surface area contributed by atoms with Crippen LogP contribution in [0.25, 0.3) is 0 Å². The number of nitrogens with two attached hydrogens (primary N) is 1. The minimum absolute atomic E-state index is 0.0926. The molecule has 4 heteroatoms. The molecule has 1 heterocycles. The monoisotopic (exact) mass is 233 g/mol. The lowest BCUT2D eigenvalue weighted by molar-refractivity contribution is 0.104. The van der Waals surface area contributed by atoms with E-state index in [0.717, 1.165) is 0 Å². The van der Waals surface area contributed by atoms with Crippen molar-refractivity contribution >= 4 is 22.8 Å². The van der Waals surface area contributed by atoms with Crippen LogP contribution in [0.3, 0.4) is 0 Å². The fraction of sp³-hybridized carbons (Fsp3) is 0.0833. The molecule has 0 aliphatic carbocycles. The first-order valence-corrected chi connectivity index (χ1v) is 5.62. The van der Waals surface area contributed by atoms with Gasteiger partial charge in [-0.25, -0.2) is 0 Å². The maximum atomic E-state index is 12.2. The van der Waals surface area contributed by atoms with Gasteiger partial charge in [0.1, 0.15) is 10.6 Å². The Labute approximate surface area is 97.5 Å². The van der Waals surface area contributed by atoms with Crippen molar-refractivity contribution in [2.24, 2.45) is 0 Å². The van der Waals surface area contributed by atoms with Crippen molar-refractivity contribution in [1.29, 1.82) is 0 Å². The molecule has 1 aromatic carbocycles. The van der Waals surface area contributed by atoms with Crippen LogP contribution in [0.2, 0.25) is 0 Å². The molecular formula is C12H11NO2S. The number of methoxy groups -OCH3 is 1. The van der Waals surface area contributed by atoms with Gasteiger partial charge in [0.05, 0.1) is 7.11 Å². The standard InChI is InChI=1S/C12H11NO2S/c1-15-10-6-7-16-12(10)11(14)8-4-2-3-5-9(8)13/h2-7H,13H2,1H3. The van der Waals surface area contributed by atoms with Crippen molar-refractivity contribution in [2.75, 3.05) is 12.8 Å². The van der Waals surface area contributed by atoms with Gasteiger partial charge in [-0.15, -0.1) is 11.3 Å². The third-order valence-corrected chi connectivity index (χ3v) is 3.16. The third kappa shape index (κ3) is 1.79. The Morgan fingerprint density at radius 1 is 1.31 bits per heavy atom. The highest BCUT2D eigenvalue weighted by molar-refractivity contribution is 7.12. The quantitative estimate of drug-likeness (QED) is 0.654. The van der Waals surface area contributed by atoms with E-state index in [-0.39, 0.29) is 5.78 Å². The summed E-state index contributed by atoms with van der Waals surface area (Å²) >= 11 is 1.36. The number of anilines is 1. The van der Waals surface area contributed by atoms with Gasteiger partial charge in [-0.2, -0.15) is 0 Å². The highest BCUT2D eigenvalue weighted by Gasteiger charge is 2.17. The molecule has 2 aromatic rings. The molecule has 2 N–H and O–H groups in total. The average molecular weight is 233 g/mol. The molecule has 0 aliphatic heterocycles. The largest absolute Gasteiger partial charge is 0.495 e. The predicted molar refractivity (Wildman–Crippen MR) is 65.2 cm³/mol. The Balaban J connectivity index is 2.44. The summed E-state index contributed by atoms with van der Waals surface area (Å²) in [4.78, 5) is 12.7. The first-order chi connectivity index (χ1) is 7.74. The number of ether oxygens (including phenoxy) is 1. The highest BCUT2D eigenvalue weighted by atomic mass is 32.1. The van der Waals surface area contributed by atoms with E-state index >= 15 is 0 Å². The second kappa shape index (κ2) is 4.37. The first-order valence-electron chi connectivity index (χ1n) is 4.74. The molecule has 0 spiro atoms. The topological polar surface area (TPSA) is 52.3 Å². The number of rotatable bonds is 3. The molecule has 0 saturated heterocycles. The van der Waals surface area contributed by atoms with Crippen LogP contribution in [0.1, 0.15) is 15.2 Å². The smallest absolute Gasteiger partial charge is 0.208 e. The summed E-state index contributed by atoms with van der Waals surface area (Å²) in [5.74, 6) is 0.503. The summed E-state index contributed by atoms with van der Waals surface area (Å²) < 4.78 is 5.12. The van der Waals surface area contributed by atoms with E-state index in [1.807, 2.05) is 5.38 Å². The van der Waals surface area contributed by atoms with Crippen LogP contribution in [0.5, 0.6) is 5.75 Å². The van der Waals surface area contributed by atoms with E-state index in [2.05, 4.69) is 0 Å². The molecule has 2 rings (SSSR count). The van der Waals surface area contributed by atoms with Gasteiger partial charge in [0, 0.05) is 11.3 Å². The molecule has 0 saturated carbocycles. The number of carbonyl (C=O) groups excluding carboxylic acids is 1. The Hall–Kier alpha value is -1.81. The van der Waals surface area contributed by atoms with Crippen molar-refractivity contribution in [3.8, 4) is 5.75 Å². The number of para-hydroxylation sites is 1. The Kier molecular flexibility index (Phi) is 2.92.